The molecule has 3 rings (SSSR count). The number of pyridine rings is 1. The van der Waals surface area contributed by atoms with Crippen LogP contribution in [0.1, 0.15) is 11.3 Å². The van der Waals surface area contributed by atoms with Crippen LogP contribution in [0, 0.1) is 13.8 Å². The Morgan fingerprint density at radius 3 is 2.65 bits per heavy atom. The number of rotatable bonds is 1. The minimum Gasteiger partial charge on any atom is -0.299 e. The van der Waals surface area contributed by atoms with E-state index < -0.39 is 0 Å². The summed E-state index contributed by atoms with van der Waals surface area (Å²) in [5.74, 6) is 0.976. The molecule has 2 heteroatoms. The van der Waals surface area contributed by atoms with Gasteiger partial charge in [-0.2, -0.15) is 0 Å². The molecule has 0 bridgehead atoms. The standard InChI is InChI=1S/C15H14N2/c1-11-6-7-14-13(9-11)10-12(2)17(14)15-5-3-4-8-16-15/h3-10H,1-2H3. The van der Waals surface area contributed by atoms with Crippen molar-refractivity contribution in [1.29, 1.82) is 0 Å². The van der Waals surface area contributed by atoms with Crippen LogP contribution in [0.4, 0.5) is 0 Å². The summed E-state index contributed by atoms with van der Waals surface area (Å²) in [6, 6.07) is 14.7. The predicted molar refractivity (Wildman–Crippen MR) is 70.5 cm³/mol. The normalized spacial score (nSPS) is 10.9. The van der Waals surface area contributed by atoms with Crippen molar-refractivity contribution < 1.29 is 0 Å². The molecule has 0 saturated carbocycles. The molecule has 1 aromatic carbocycles. The molecule has 0 fully saturated rings. The highest BCUT2D eigenvalue weighted by Crippen LogP contribution is 2.23. The first kappa shape index (κ1) is 10.1. The summed E-state index contributed by atoms with van der Waals surface area (Å²) in [5, 5.41) is 1.27. The first-order valence-corrected chi connectivity index (χ1v) is 5.76. The molecule has 0 radical (unpaired) electrons. The van der Waals surface area contributed by atoms with E-state index in [0.29, 0.717) is 0 Å². The van der Waals surface area contributed by atoms with Gasteiger partial charge in [-0.1, -0.05) is 17.7 Å². The molecule has 2 heterocycles. The second kappa shape index (κ2) is 3.74. The van der Waals surface area contributed by atoms with Crippen LogP contribution in [0.15, 0.2) is 48.7 Å². The SMILES string of the molecule is Cc1ccc2c(c1)cc(C)n2-c1ccccn1. The summed E-state index contributed by atoms with van der Waals surface area (Å²) in [6.07, 6.45) is 1.83. The van der Waals surface area contributed by atoms with Crippen molar-refractivity contribution in [2.75, 3.05) is 0 Å². The zero-order valence-corrected chi connectivity index (χ0v) is 10.0. The van der Waals surface area contributed by atoms with Gasteiger partial charge in [0, 0.05) is 17.3 Å². The van der Waals surface area contributed by atoms with E-state index in [1.54, 1.807) is 0 Å². The maximum Gasteiger partial charge on any atom is 0.137 e. The monoisotopic (exact) mass is 222 g/mol. The van der Waals surface area contributed by atoms with Crippen molar-refractivity contribution in [3.63, 3.8) is 0 Å². The molecule has 17 heavy (non-hydrogen) atoms. The summed E-state index contributed by atoms with van der Waals surface area (Å²) in [7, 11) is 0. The van der Waals surface area contributed by atoms with E-state index >= 15 is 0 Å². The molecule has 84 valence electrons. The van der Waals surface area contributed by atoms with Crippen molar-refractivity contribution in [2.24, 2.45) is 0 Å². The molecule has 0 amide bonds. The Morgan fingerprint density at radius 2 is 1.88 bits per heavy atom. The first-order chi connectivity index (χ1) is 8.25. The minimum atomic E-state index is 0.976. The van der Waals surface area contributed by atoms with Crippen LogP contribution in [0.5, 0.6) is 0 Å². The first-order valence-electron chi connectivity index (χ1n) is 5.76. The van der Waals surface area contributed by atoms with Crippen molar-refractivity contribution in [3.05, 3.63) is 59.9 Å². The Labute approximate surface area is 101 Å². The van der Waals surface area contributed by atoms with E-state index in [1.807, 2.05) is 24.4 Å². The molecular weight excluding hydrogens is 208 g/mol. The second-order valence-electron chi connectivity index (χ2n) is 4.37. The van der Waals surface area contributed by atoms with Crippen LogP contribution in [-0.4, -0.2) is 9.55 Å². The lowest BCUT2D eigenvalue weighted by Crippen LogP contribution is -1.98. The Balaban J connectivity index is 2.33. The largest absolute Gasteiger partial charge is 0.299 e. The lowest BCUT2D eigenvalue weighted by atomic mass is 10.2. The number of nitrogens with zero attached hydrogens (tertiary/aromatic N) is 2. The molecule has 0 N–H and O–H groups in total. The average molecular weight is 222 g/mol. The van der Waals surface area contributed by atoms with Crippen LogP contribution in [-0.2, 0) is 0 Å². The number of aromatic nitrogens is 2. The summed E-state index contributed by atoms with van der Waals surface area (Å²) in [5.41, 5.74) is 3.71. The number of aryl methyl sites for hydroxylation is 2. The fourth-order valence-electron chi connectivity index (χ4n) is 2.26. The van der Waals surface area contributed by atoms with Gasteiger partial charge in [0.2, 0.25) is 0 Å². The highest BCUT2D eigenvalue weighted by molar-refractivity contribution is 5.83. The van der Waals surface area contributed by atoms with E-state index in [1.165, 1.54) is 22.2 Å². The lowest BCUT2D eigenvalue weighted by molar-refractivity contribution is 0.994. The third-order valence-corrected chi connectivity index (χ3v) is 3.02. The maximum atomic E-state index is 4.42. The van der Waals surface area contributed by atoms with E-state index in [-0.39, 0.29) is 0 Å². The van der Waals surface area contributed by atoms with Gasteiger partial charge in [0.05, 0.1) is 5.52 Å². The van der Waals surface area contributed by atoms with Gasteiger partial charge >= 0.3 is 0 Å². The van der Waals surface area contributed by atoms with Gasteiger partial charge < -0.3 is 0 Å². The van der Waals surface area contributed by atoms with Crippen LogP contribution < -0.4 is 0 Å². The van der Waals surface area contributed by atoms with Gasteiger partial charge in [-0.15, -0.1) is 0 Å². The van der Waals surface area contributed by atoms with Crippen LogP contribution in [0.25, 0.3) is 16.7 Å². The van der Waals surface area contributed by atoms with Crippen LogP contribution in [0.3, 0.4) is 0 Å². The van der Waals surface area contributed by atoms with Crippen molar-refractivity contribution in [2.45, 2.75) is 13.8 Å². The molecule has 0 aliphatic heterocycles. The molecular formula is C15H14N2. The number of benzene rings is 1. The van der Waals surface area contributed by atoms with Gasteiger partial charge in [0.25, 0.3) is 0 Å². The van der Waals surface area contributed by atoms with E-state index in [4.69, 9.17) is 0 Å². The number of hydrogen-bond acceptors (Lipinski definition) is 1. The molecule has 0 aliphatic rings. The zero-order chi connectivity index (χ0) is 11.8. The van der Waals surface area contributed by atoms with Crippen LogP contribution in [0.2, 0.25) is 0 Å². The maximum absolute atomic E-state index is 4.42. The number of fused-ring (bicyclic) bond motifs is 1. The van der Waals surface area contributed by atoms with E-state index in [9.17, 15) is 0 Å². The molecule has 2 aromatic heterocycles. The van der Waals surface area contributed by atoms with Gasteiger partial charge in [0.1, 0.15) is 5.82 Å². The Morgan fingerprint density at radius 1 is 1.00 bits per heavy atom. The minimum absolute atomic E-state index is 0.976. The molecule has 2 nitrogen and oxygen atoms in total. The fourth-order valence-corrected chi connectivity index (χ4v) is 2.26. The Hall–Kier alpha value is -2.09. The van der Waals surface area contributed by atoms with Crippen molar-refractivity contribution in [3.8, 4) is 5.82 Å². The quantitative estimate of drug-likeness (QED) is 0.614. The summed E-state index contributed by atoms with van der Waals surface area (Å²) >= 11 is 0. The average Bonchev–Trinajstić information content (AvgIpc) is 2.65. The third kappa shape index (κ3) is 1.62. The van der Waals surface area contributed by atoms with E-state index in [0.717, 1.165) is 5.82 Å². The second-order valence-corrected chi connectivity index (χ2v) is 4.37. The molecule has 0 spiro atoms. The molecule has 0 atom stereocenters. The van der Waals surface area contributed by atoms with Gasteiger partial charge in [-0.05, 0) is 44.2 Å². The topological polar surface area (TPSA) is 17.8 Å². The van der Waals surface area contributed by atoms with E-state index in [2.05, 4.69) is 47.7 Å². The molecule has 0 aliphatic carbocycles. The van der Waals surface area contributed by atoms with Gasteiger partial charge in [-0.25, -0.2) is 4.98 Å². The molecule has 3 aromatic rings. The predicted octanol–water partition coefficient (Wildman–Crippen LogP) is 3.64. The van der Waals surface area contributed by atoms with Gasteiger partial charge in [-0.3, -0.25) is 4.57 Å². The van der Waals surface area contributed by atoms with Crippen LogP contribution >= 0.6 is 0 Å². The summed E-state index contributed by atoms with van der Waals surface area (Å²) < 4.78 is 2.19. The van der Waals surface area contributed by atoms with Gasteiger partial charge in [0.15, 0.2) is 0 Å². The molecule has 0 unspecified atom stereocenters. The van der Waals surface area contributed by atoms with Crippen molar-refractivity contribution in [1.82, 2.24) is 9.55 Å². The molecule has 0 saturated heterocycles. The summed E-state index contributed by atoms with van der Waals surface area (Å²) in [6.45, 7) is 4.23. The Bertz CT molecular complexity index is 666. The highest BCUT2D eigenvalue weighted by Gasteiger charge is 2.07. The highest BCUT2D eigenvalue weighted by atomic mass is 15.1. The number of hydrogen-bond donors (Lipinski definition) is 0. The van der Waals surface area contributed by atoms with Crippen molar-refractivity contribution >= 4 is 10.9 Å². The lowest BCUT2D eigenvalue weighted by Gasteiger charge is -2.06. The smallest absolute Gasteiger partial charge is 0.137 e. The fraction of sp³-hybridized carbons (Fsp3) is 0.133. The zero-order valence-electron chi connectivity index (χ0n) is 10.0. The Kier molecular flexibility index (Phi) is 2.22. The summed E-state index contributed by atoms with van der Waals surface area (Å²) in [4.78, 5) is 4.42. The third-order valence-electron chi connectivity index (χ3n) is 3.02.